The summed E-state index contributed by atoms with van der Waals surface area (Å²) in [6, 6.07) is 20.9. The predicted molar refractivity (Wildman–Crippen MR) is 141 cm³/mol. The Kier molecular flexibility index (Phi) is 5.81. The zero-order chi connectivity index (χ0) is 25.4. The zero-order valence-electron chi connectivity index (χ0n) is 20.5. The van der Waals surface area contributed by atoms with Crippen molar-refractivity contribution in [2.45, 2.75) is 26.4 Å². The van der Waals surface area contributed by atoms with Crippen molar-refractivity contribution in [3.8, 4) is 11.3 Å². The number of fused-ring (bicyclic) bond motifs is 2. The molecule has 7 nitrogen and oxygen atoms in total. The Morgan fingerprint density at radius 2 is 1.92 bits per heavy atom. The Morgan fingerprint density at radius 1 is 1.08 bits per heavy atom. The first-order valence-corrected chi connectivity index (χ1v) is 12.3. The van der Waals surface area contributed by atoms with Gasteiger partial charge in [-0.15, -0.1) is 0 Å². The van der Waals surface area contributed by atoms with Crippen LogP contribution < -0.4 is 5.32 Å². The maximum Gasteiger partial charge on any atom is 0.267 e. The Bertz CT molecular complexity index is 1570. The quantitative estimate of drug-likeness (QED) is 0.352. The molecule has 2 aromatic carbocycles. The van der Waals surface area contributed by atoms with Gasteiger partial charge in [0.05, 0.1) is 6.26 Å². The number of benzene rings is 2. The number of furan rings is 1. The number of aromatic amines is 1. The van der Waals surface area contributed by atoms with Gasteiger partial charge in [0.2, 0.25) is 0 Å². The highest BCUT2D eigenvalue weighted by Crippen LogP contribution is 2.26. The molecule has 0 saturated carbocycles. The smallest absolute Gasteiger partial charge is 0.267 e. The molecule has 0 spiro atoms. The van der Waals surface area contributed by atoms with Crippen LogP contribution in [0, 0.1) is 6.92 Å². The normalized spacial score (nSPS) is 12.9. The zero-order valence-corrected chi connectivity index (χ0v) is 20.5. The highest BCUT2D eigenvalue weighted by molar-refractivity contribution is 5.98. The van der Waals surface area contributed by atoms with Gasteiger partial charge in [0.25, 0.3) is 11.8 Å². The molecule has 0 unspecified atom stereocenters. The number of amides is 2. The van der Waals surface area contributed by atoms with Gasteiger partial charge < -0.3 is 19.6 Å². The molecule has 0 atom stereocenters. The number of rotatable bonds is 5. The SMILES string of the molecule is Cc1ncc2c(c1CNC(=O)c1cc3ccccc3[nH]1)CCN(C(=O)c1ccc(-c3ccco3)cc1)C2. The maximum absolute atomic E-state index is 13.2. The third-order valence-corrected chi connectivity index (χ3v) is 7.02. The van der Waals surface area contributed by atoms with E-state index in [1.807, 2.05) is 84.8 Å². The summed E-state index contributed by atoms with van der Waals surface area (Å²) in [5.41, 5.74) is 7.15. The molecule has 37 heavy (non-hydrogen) atoms. The van der Waals surface area contributed by atoms with Crippen molar-refractivity contribution in [1.29, 1.82) is 0 Å². The largest absolute Gasteiger partial charge is 0.464 e. The molecule has 1 aliphatic rings. The lowest BCUT2D eigenvalue weighted by Gasteiger charge is -2.30. The van der Waals surface area contributed by atoms with Gasteiger partial charge >= 0.3 is 0 Å². The van der Waals surface area contributed by atoms with Crippen LogP contribution in [0.3, 0.4) is 0 Å². The Labute approximate surface area is 214 Å². The number of carbonyl (C=O) groups is 2. The average Bonchev–Trinajstić information content (AvgIpc) is 3.62. The molecule has 0 bridgehead atoms. The molecule has 1 aliphatic heterocycles. The molecule has 7 heteroatoms. The fourth-order valence-electron chi connectivity index (χ4n) is 4.99. The number of hydrogen-bond donors (Lipinski definition) is 2. The van der Waals surface area contributed by atoms with E-state index in [0.29, 0.717) is 37.3 Å². The predicted octanol–water partition coefficient (Wildman–Crippen LogP) is 5.26. The summed E-state index contributed by atoms with van der Waals surface area (Å²) in [7, 11) is 0. The lowest BCUT2D eigenvalue weighted by atomic mass is 9.94. The first kappa shape index (κ1) is 22.8. The number of aromatic nitrogens is 2. The summed E-state index contributed by atoms with van der Waals surface area (Å²) in [6.45, 7) is 3.45. The molecule has 0 fully saturated rings. The lowest BCUT2D eigenvalue weighted by Crippen LogP contribution is -2.37. The Balaban J connectivity index is 1.16. The van der Waals surface area contributed by atoms with Crippen molar-refractivity contribution in [3.63, 3.8) is 0 Å². The van der Waals surface area contributed by atoms with Crippen LogP contribution in [0.25, 0.3) is 22.2 Å². The van der Waals surface area contributed by atoms with Crippen molar-refractivity contribution in [2.24, 2.45) is 0 Å². The van der Waals surface area contributed by atoms with E-state index in [2.05, 4.69) is 15.3 Å². The van der Waals surface area contributed by atoms with E-state index < -0.39 is 0 Å². The van der Waals surface area contributed by atoms with Crippen molar-refractivity contribution >= 4 is 22.7 Å². The van der Waals surface area contributed by atoms with Crippen molar-refractivity contribution in [1.82, 2.24) is 20.2 Å². The second kappa shape index (κ2) is 9.43. The number of pyridine rings is 1. The Hall–Kier alpha value is -4.65. The topological polar surface area (TPSA) is 91.2 Å². The summed E-state index contributed by atoms with van der Waals surface area (Å²) in [4.78, 5) is 35.7. The number of hydrogen-bond acceptors (Lipinski definition) is 4. The molecule has 6 rings (SSSR count). The van der Waals surface area contributed by atoms with E-state index in [9.17, 15) is 9.59 Å². The second-order valence-electron chi connectivity index (χ2n) is 9.31. The van der Waals surface area contributed by atoms with E-state index >= 15 is 0 Å². The molecule has 0 aliphatic carbocycles. The van der Waals surface area contributed by atoms with Crippen molar-refractivity contribution in [3.05, 3.63) is 113 Å². The third kappa shape index (κ3) is 4.40. The van der Waals surface area contributed by atoms with Crippen molar-refractivity contribution in [2.75, 3.05) is 6.54 Å². The molecule has 0 saturated heterocycles. The highest BCUT2D eigenvalue weighted by atomic mass is 16.3. The monoisotopic (exact) mass is 490 g/mol. The van der Waals surface area contributed by atoms with Gasteiger partial charge in [-0.05, 0) is 66.4 Å². The number of para-hydroxylation sites is 1. The molecular formula is C30H26N4O3. The lowest BCUT2D eigenvalue weighted by molar-refractivity contribution is 0.0734. The van der Waals surface area contributed by atoms with Gasteiger partial charge in [-0.25, -0.2) is 0 Å². The van der Waals surface area contributed by atoms with Crippen LogP contribution in [0.5, 0.6) is 0 Å². The van der Waals surface area contributed by atoms with Crippen LogP contribution in [0.15, 0.2) is 83.6 Å². The summed E-state index contributed by atoms with van der Waals surface area (Å²) in [5, 5.41) is 4.05. The average molecular weight is 491 g/mol. The minimum absolute atomic E-state index is 0.00844. The maximum atomic E-state index is 13.2. The van der Waals surface area contributed by atoms with Gasteiger partial charge in [-0.2, -0.15) is 0 Å². The van der Waals surface area contributed by atoms with Gasteiger partial charge in [-0.3, -0.25) is 14.6 Å². The molecule has 2 amide bonds. The molecular weight excluding hydrogens is 464 g/mol. The standard InChI is InChI=1S/C30H26N4O3/c1-19-25(17-32-29(35)27-15-22-5-2-3-6-26(22)33-27)24-12-13-34(18-23(24)16-31-19)30(36)21-10-8-20(9-11-21)28-7-4-14-37-28/h2-11,14-16,33H,12-13,17-18H2,1H3,(H,32,35). The van der Waals surface area contributed by atoms with Crippen LogP contribution in [-0.2, 0) is 19.5 Å². The Morgan fingerprint density at radius 3 is 2.70 bits per heavy atom. The van der Waals surface area contributed by atoms with E-state index in [1.54, 1.807) is 6.26 Å². The van der Waals surface area contributed by atoms with E-state index in [1.165, 1.54) is 5.56 Å². The van der Waals surface area contributed by atoms with Gasteiger partial charge in [-0.1, -0.05) is 30.3 Å². The minimum Gasteiger partial charge on any atom is -0.464 e. The molecule has 3 aromatic heterocycles. The number of H-pyrrole nitrogens is 1. The fraction of sp³-hybridized carbons (Fsp3) is 0.167. The first-order valence-electron chi connectivity index (χ1n) is 12.3. The summed E-state index contributed by atoms with van der Waals surface area (Å²) in [6.07, 6.45) is 4.20. The van der Waals surface area contributed by atoms with E-state index in [-0.39, 0.29) is 11.8 Å². The molecule has 5 aromatic rings. The van der Waals surface area contributed by atoms with Crippen LogP contribution in [0.1, 0.15) is 43.2 Å². The molecule has 184 valence electrons. The van der Waals surface area contributed by atoms with Crippen LogP contribution >= 0.6 is 0 Å². The van der Waals surface area contributed by atoms with Gasteiger partial charge in [0.15, 0.2) is 0 Å². The van der Waals surface area contributed by atoms with Gasteiger partial charge in [0.1, 0.15) is 11.5 Å². The minimum atomic E-state index is -0.154. The van der Waals surface area contributed by atoms with Crippen molar-refractivity contribution < 1.29 is 14.0 Å². The number of aryl methyl sites for hydroxylation is 1. The summed E-state index contributed by atoms with van der Waals surface area (Å²) >= 11 is 0. The highest BCUT2D eigenvalue weighted by Gasteiger charge is 2.25. The first-order chi connectivity index (χ1) is 18.1. The number of carbonyl (C=O) groups excluding carboxylic acids is 2. The van der Waals surface area contributed by atoms with Crippen LogP contribution in [0.2, 0.25) is 0 Å². The third-order valence-electron chi connectivity index (χ3n) is 7.02. The number of nitrogens with one attached hydrogen (secondary N) is 2. The van der Waals surface area contributed by atoms with Gasteiger partial charge in [0, 0.05) is 53.6 Å². The summed E-state index contributed by atoms with van der Waals surface area (Å²) < 4.78 is 5.44. The molecule has 4 heterocycles. The molecule has 2 N–H and O–H groups in total. The van der Waals surface area contributed by atoms with Crippen LogP contribution in [0.4, 0.5) is 0 Å². The van der Waals surface area contributed by atoms with E-state index in [4.69, 9.17) is 4.42 Å². The second-order valence-corrected chi connectivity index (χ2v) is 9.31. The summed E-state index contributed by atoms with van der Waals surface area (Å²) in [5.74, 6) is 0.612. The number of nitrogens with zero attached hydrogens (tertiary/aromatic N) is 2. The van der Waals surface area contributed by atoms with E-state index in [0.717, 1.165) is 39.0 Å². The molecule has 0 radical (unpaired) electrons. The fourth-order valence-corrected chi connectivity index (χ4v) is 4.99. The van der Waals surface area contributed by atoms with Crippen LogP contribution in [-0.4, -0.2) is 33.2 Å².